The van der Waals surface area contributed by atoms with Crippen molar-refractivity contribution in [1.82, 2.24) is 4.90 Å². The van der Waals surface area contributed by atoms with Crippen molar-refractivity contribution in [2.45, 2.75) is 18.1 Å². The van der Waals surface area contributed by atoms with Gasteiger partial charge in [-0.3, -0.25) is 0 Å². The quantitative estimate of drug-likeness (QED) is 0.651. The van der Waals surface area contributed by atoms with Crippen LogP contribution in [-0.4, -0.2) is 40.0 Å². The molecule has 1 amide bonds. The van der Waals surface area contributed by atoms with E-state index < -0.39 is 17.3 Å². The predicted molar refractivity (Wildman–Crippen MR) is 75.6 cm³/mol. The summed E-state index contributed by atoms with van der Waals surface area (Å²) in [7, 11) is 0. The van der Waals surface area contributed by atoms with Gasteiger partial charge in [0.15, 0.2) is 0 Å². The van der Waals surface area contributed by atoms with Gasteiger partial charge < -0.3 is 20.3 Å². The molecule has 5 nitrogen and oxygen atoms in total. The molecule has 0 bridgehead atoms. The van der Waals surface area contributed by atoms with Crippen LogP contribution in [0.2, 0.25) is 0 Å². The van der Waals surface area contributed by atoms with Crippen LogP contribution in [0.5, 0.6) is 0 Å². The molecule has 0 aliphatic carbocycles. The van der Waals surface area contributed by atoms with E-state index in [2.05, 4.69) is 0 Å². The fourth-order valence-electron chi connectivity index (χ4n) is 2.56. The third-order valence-corrected chi connectivity index (χ3v) is 4.14. The van der Waals surface area contributed by atoms with Crippen molar-refractivity contribution in [2.75, 3.05) is 25.1 Å². The molecule has 1 aromatic rings. The fourth-order valence-corrected chi connectivity index (χ4v) is 3.24. The average molecular weight is 282 g/mol. The summed E-state index contributed by atoms with van der Waals surface area (Å²) in [6, 6.07) is 5.61. The Morgan fingerprint density at radius 3 is 2.95 bits per heavy atom. The summed E-state index contributed by atoms with van der Waals surface area (Å²) in [5.41, 5.74) is 8.47. The Bertz CT molecular complexity index is 479. The van der Waals surface area contributed by atoms with Gasteiger partial charge in [-0.15, -0.1) is 0 Å². The highest BCUT2D eigenvalue weighted by molar-refractivity contribution is 7.89. The fraction of sp³-hybridized carbons (Fsp3) is 0.462. The van der Waals surface area contributed by atoms with Crippen LogP contribution in [0.25, 0.3) is 0 Å². The number of hydrogen-bond acceptors (Lipinski definition) is 3. The number of benzene rings is 1. The Kier molecular flexibility index (Phi) is 4.21. The summed E-state index contributed by atoms with van der Waals surface area (Å²) in [5.74, 6) is 0.638. The highest BCUT2D eigenvalue weighted by Gasteiger charge is 2.28. The molecule has 6 heteroatoms. The second-order valence-corrected chi connectivity index (χ2v) is 6.33. The molecule has 1 fully saturated rings. The lowest BCUT2D eigenvalue weighted by Gasteiger charge is -2.17. The summed E-state index contributed by atoms with van der Waals surface area (Å²) in [6.07, 6.45) is 1.59. The molecular weight excluding hydrogens is 264 g/mol. The van der Waals surface area contributed by atoms with E-state index in [4.69, 9.17) is 10.8 Å². The highest BCUT2D eigenvalue weighted by Crippen LogP contribution is 2.31. The Balaban J connectivity index is 2.22. The van der Waals surface area contributed by atoms with Gasteiger partial charge in [0.2, 0.25) is 0 Å². The van der Waals surface area contributed by atoms with Crippen molar-refractivity contribution in [3.05, 3.63) is 29.3 Å². The number of nitrogen functional groups attached to an aromatic ring is 1. The number of nitrogens with two attached hydrogens (primary N) is 1. The second kappa shape index (κ2) is 5.71. The number of likely N-dealkylation sites (tertiary alicyclic amines) is 1. The van der Waals surface area contributed by atoms with Gasteiger partial charge >= 0.3 is 6.09 Å². The maximum Gasteiger partial charge on any atom is 0.407 e. The summed E-state index contributed by atoms with van der Waals surface area (Å²) in [4.78, 5) is 12.4. The standard InChI is InChI=1S/C13H18N2O3S/c1-19(18)8-10-6-11(14)2-3-12(10)9-4-5-15(7-9)13(16)17/h2-3,6,9H,4-5,7-8,14H2,1H3,(H,16,17)/t9-,19-/m0/s1. The van der Waals surface area contributed by atoms with Gasteiger partial charge in [-0.05, 0) is 24.1 Å². The molecule has 104 valence electrons. The molecule has 1 aliphatic heterocycles. The van der Waals surface area contributed by atoms with Gasteiger partial charge in [-0.25, -0.2) is 4.79 Å². The van der Waals surface area contributed by atoms with Crippen LogP contribution in [0, 0.1) is 0 Å². The van der Waals surface area contributed by atoms with Crippen molar-refractivity contribution in [3.63, 3.8) is 0 Å². The smallest absolute Gasteiger partial charge is 0.407 e. The molecule has 2 atom stereocenters. The third kappa shape index (κ3) is 3.33. The predicted octanol–water partition coefficient (Wildman–Crippen LogP) is 1.61. The molecule has 0 radical (unpaired) electrons. The molecule has 1 heterocycles. The molecule has 1 aliphatic rings. The van der Waals surface area contributed by atoms with Gasteiger partial charge in [0.25, 0.3) is 0 Å². The summed E-state index contributed by atoms with van der Waals surface area (Å²) >= 11 is -0.938. The van der Waals surface area contributed by atoms with E-state index in [0.717, 1.165) is 17.5 Å². The molecule has 19 heavy (non-hydrogen) atoms. The first-order chi connectivity index (χ1) is 8.97. The third-order valence-electron chi connectivity index (χ3n) is 3.42. The average Bonchev–Trinajstić information content (AvgIpc) is 2.77. The van der Waals surface area contributed by atoms with E-state index in [1.807, 2.05) is 18.2 Å². The van der Waals surface area contributed by atoms with Crippen molar-refractivity contribution in [3.8, 4) is 0 Å². The summed E-state index contributed by atoms with van der Waals surface area (Å²) in [6.45, 7) is 1.06. The second-order valence-electron chi connectivity index (χ2n) is 4.89. The van der Waals surface area contributed by atoms with E-state index in [9.17, 15) is 9.35 Å². The molecule has 0 aromatic heterocycles. The molecule has 1 aromatic carbocycles. The zero-order valence-corrected chi connectivity index (χ0v) is 11.7. The molecule has 2 rings (SSSR count). The Hall–Kier alpha value is -1.40. The van der Waals surface area contributed by atoms with Crippen LogP contribution in [0.1, 0.15) is 23.5 Å². The number of amides is 1. The summed E-state index contributed by atoms with van der Waals surface area (Å²) in [5, 5.41) is 8.99. The maximum atomic E-state index is 11.4. The molecule has 0 unspecified atom stereocenters. The lowest BCUT2D eigenvalue weighted by Crippen LogP contribution is -2.26. The number of carbonyl (C=O) groups is 1. The van der Waals surface area contributed by atoms with Gasteiger partial charge in [0, 0.05) is 30.3 Å². The van der Waals surface area contributed by atoms with Crippen LogP contribution in [0.4, 0.5) is 10.5 Å². The van der Waals surface area contributed by atoms with E-state index >= 15 is 0 Å². The first-order valence-electron chi connectivity index (χ1n) is 6.13. The van der Waals surface area contributed by atoms with E-state index in [0.29, 0.717) is 24.5 Å². The number of anilines is 1. The molecular formula is C13H18N2O3S. The van der Waals surface area contributed by atoms with Crippen molar-refractivity contribution in [1.29, 1.82) is 0 Å². The largest absolute Gasteiger partial charge is 0.616 e. The maximum absolute atomic E-state index is 11.4. The van der Waals surface area contributed by atoms with Crippen LogP contribution in [0.15, 0.2) is 18.2 Å². The monoisotopic (exact) mass is 282 g/mol. The van der Waals surface area contributed by atoms with Gasteiger partial charge in [-0.2, -0.15) is 0 Å². The summed E-state index contributed by atoms with van der Waals surface area (Å²) < 4.78 is 11.4. The van der Waals surface area contributed by atoms with Crippen molar-refractivity contribution < 1.29 is 14.5 Å². The van der Waals surface area contributed by atoms with Crippen molar-refractivity contribution in [2.24, 2.45) is 0 Å². The normalized spacial score (nSPS) is 20.5. The minimum atomic E-state index is -0.938. The first kappa shape index (κ1) is 14.0. The topological polar surface area (TPSA) is 89.6 Å². The number of rotatable bonds is 3. The molecule has 1 saturated heterocycles. The van der Waals surface area contributed by atoms with Gasteiger partial charge in [0.05, 0.1) is 6.26 Å². The molecule has 0 spiro atoms. The van der Waals surface area contributed by atoms with Gasteiger partial charge in [-0.1, -0.05) is 17.2 Å². The first-order valence-corrected chi connectivity index (χ1v) is 7.86. The zero-order valence-electron chi connectivity index (χ0n) is 10.8. The number of hydrogen-bond donors (Lipinski definition) is 2. The Morgan fingerprint density at radius 1 is 1.63 bits per heavy atom. The zero-order chi connectivity index (χ0) is 14.0. The van der Waals surface area contributed by atoms with Gasteiger partial charge in [0.1, 0.15) is 5.75 Å². The Labute approximate surface area is 115 Å². The molecule has 3 N–H and O–H groups in total. The van der Waals surface area contributed by atoms with Crippen molar-refractivity contribution >= 4 is 23.0 Å². The molecule has 0 saturated carbocycles. The van der Waals surface area contributed by atoms with Crippen LogP contribution >= 0.6 is 0 Å². The van der Waals surface area contributed by atoms with Crippen LogP contribution in [0.3, 0.4) is 0 Å². The minimum Gasteiger partial charge on any atom is -0.616 e. The van der Waals surface area contributed by atoms with E-state index in [-0.39, 0.29) is 5.92 Å². The lowest BCUT2D eigenvalue weighted by atomic mass is 9.94. The van der Waals surface area contributed by atoms with Crippen LogP contribution < -0.4 is 5.73 Å². The number of carboxylic acid groups (broad SMARTS) is 1. The SMILES string of the molecule is C[S@+]([O-])Cc1cc(N)ccc1[C@H]1CCN(C(=O)O)C1. The lowest BCUT2D eigenvalue weighted by molar-refractivity contribution is 0.155. The number of nitrogens with zero attached hydrogens (tertiary/aromatic N) is 1. The van der Waals surface area contributed by atoms with Crippen LogP contribution in [-0.2, 0) is 16.9 Å². The van der Waals surface area contributed by atoms with E-state index in [1.165, 1.54) is 4.90 Å². The highest BCUT2D eigenvalue weighted by atomic mass is 32.2. The minimum absolute atomic E-state index is 0.176. The Morgan fingerprint density at radius 2 is 2.37 bits per heavy atom. The van der Waals surface area contributed by atoms with E-state index in [1.54, 1.807) is 6.26 Å².